The van der Waals surface area contributed by atoms with Crippen LogP contribution in [0.4, 0.5) is 0 Å². The molecule has 3 N–H and O–H groups in total. The molecule has 20 heteroatoms. The van der Waals surface area contributed by atoms with Crippen molar-refractivity contribution in [2.45, 2.75) is 126 Å². The Hall–Kier alpha value is 0.998. The van der Waals surface area contributed by atoms with Gasteiger partial charge in [0.1, 0.15) is 0 Å². The van der Waals surface area contributed by atoms with Gasteiger partial charge in [0, 0.05) is 42.9 Å². The summed E-state index contributed by atoms with van der Waals surface area (Å²) in [6.07, 6.45) is 0. The predicted molar refractivity (Wildman–Crippen MR) is 186 cm³/mol. The highest BCUT2D eigenvalue weighted by Gasteiger charge is 2.78. The van der Waals surface area contributed by atoms with Crippen molar-refractivity contribution in [3.05, 3.63) is 0 Å². The third-order valence-corrected chi connectivity index (χ3v) is 37.5. The molecule has 0 atom stereocenters. The molecule has 0 aliphatic carbocycles. The maximum atomic E-state index is 12.5. The molecule has 4 bridgehead atoms. The second-order valence-electron chi connectivity index (χ2n) is 15.6. The lowest BCUT2D eigenvalue weighted by atomic mass is 10.3. The third kappa shape index (κ3) is 11.0. The molecule has 0 aromatic rings. The summed E-state index contributed by atoms with van der Waals surface area (Å²) in [6, 6.07) is 1.04. The molecule has 0 aromatic heterocycles. The van der Waals surface area contributed by atoms with E-state index in [4.69, 9.17) is 41.5 Å². The highest BCUT2D eigenvalue weighted by molar-refractivity contribution is 6.97. The van der Waals surface area contributed by atoms with E-state index in [1.54, 1.807) is 6.92 Å². The topological polar surface area (TPSA) is 153 Å². The molecule has 46 heavy (non-hydrogen) atoms. The van der Waals surface area contributed by atoms with Gasteiger partial charge in [-0.3, -0.25) is 0 Å². The first-order chi connectivity index (χ1) is 20.9. The van der Waals surface area contributed by atoms with E-state index in [9.17, 15) is 14.4 Å². The SMILES string of the molecule is CCO[Si]12O[Si]3(CC(C)C)O[Si](O)(CC(C)C)O[Si](CC(C)C)(O[Si](O)(CC(C)C)O[Si](CC(C)C)(O[Si](O)(CC(C)C)O3)O1)O2. The molecule has 272 valence electrons. The summed E-state index contributed by atoms with van der Waals surface area (Å²) < 4.78 is 68.4. The lowest BCUT2D eigenvalue weighted by Crippen LogP contribution is -2.83. The van der Waals surface area contributed by atoms with Crippen molar-refractivity contribution in [2.24, 2.45) is 35.5 Å². The third-order valence-electron chi connectivity index (χ3n) is 7.03. The van der Waals surface area contributed by atoms with Gasteiger partial charge >= 0.3 is 61.9 Å². The van der Waals surface area contributed by atoms with Crippen LogP contribution in [0.25, 0.3) is 0 Å². The summed E-state index contributed by atoms with van der Waals surface area (Å²) in [5.41, 5.74) is 0. The molecule has 3 heterocycles. The number of hydrogen-bond donors (Lipinski definition) is 3. The Morgan fingerprint density at radius 1 is 0.391 bits per heavy atom. The minimum Gasteiger partial charge on any atom is -0.391 e. The van der Waals surface area contributed by atoms with Gasteiger partial charge in [-0.25, -0.2) is 0 Å². The summed E-state index contributed by atoms with van der Waals surface area (Å²) in [4.78, 5) is 37.6. The van der Waals surface area contributed by atoms with Crippen LogP contribution in [0, 0.1) is 35.5 Å². The standard InChI is InChI=1S/C26H62O13Si7/c1-14-30-46-37-43(18-24(8)9)31-40(27,15-21(2)3)32-44(38-46,19-25(10)11)34-42(29,17-23(6)7)36-45(39-46,20-26(12)13)35-41(28,33-43)16-22(4)5/h21-29H,14-20H2,1-13H3. The van der Waals surface area contributed by atoms with Gasteiger partial charge in [0.05, 0.1) is 0 Å². The van der Waals surface area contributed by atoms with E-state index in [2.05, 4.69) is 0 Å². The Bertz CT molecular complexity index is 868. The van der Waals surface area contributed by atoms with Crippen molar-refractivity contribution in [3.63, 3.8) is 0 Å². The molecule has 0 saturated carbocycles. The summed E-state index contributed by atoms with van der Waals surface area (Å²) >= 11 is 0. The smallest absolute Gasteiger partial charge is 0.391 e. The summed E-state index contributed by atoms with van der Waals surface area (Å²) in [5, 5.41) is 0. The second kappa shape index (κ2) is 15.3. The zero-order valence-corrected chi connectivity index (χ0v) is 37.3. The van der Waals surface area contributed by atoms with E-state index in [0.717, 1.165) is 0 Å². The zero-order chi connectivity index (χ0) is 35.0. The van der Waals surface area contributed by atoms with Crippen molar-refractivity contribution in [1.29, 1.82) is 0 Å². The van der Waals surface area contributed by atoms with Crippen LogP contribution in [0.5, 0.6) is 0 Å². The monoisotopic (exact) mass is 778 g/mol. The molecule has 13 nitrogen and oxygen atoms in total. The Balaban J connectivity index is 2.49. The molecule has 3 fully saturated rings. The maximum absolute atomic E-state index is 12.5. The molecular formula is C26H62O13Si7. The van der Waals surface area contributed by atoms with Crippen LogP contribution in [0.2, 0.25) is 36.3 Å². The predicted octanol–water partition coefficient (Wildman–Crippen LogP) is 5.20. The van der Waals surface area contributed by atoms with Crippen LogP contribution in [-0.2, 0) is 41.5 Å². The molecule has 0 radical (unpaired) electrons. The van der Waals surface area contributed by atoms with Crippen molar-refractivity contribution in [1.82, 2.24) is 0 Å². The number of fused-ring (bicyclic) bond motifs is 3. The van der Waals surface area contributed by atoms with Gasteiger partial charge in [-0.05, 0) is 42.4 Å². The van der Waals surface area contributed by atoms with Crippen molar-refractivity contribution >= 4 is 61.9 Å². The fourth-order valence-electron chi connectivity index (χ4n) is 6.28. The Morgan fingerprint density at radius 2 is 0.609 bits per heavy atom. The second-order valence-corrected chi connectivity index (χ2v) is 35.1. The molecular weight excluding hydrogens is 717 g/mol. The summed E-state index contributed by atoms with van der Waals surface area (Å²) in [7, 11) is -29.9. The fraction of sp³-hybridized carbons (Fsp3) is 1.00. The molecule has 3 rings (SSSR count). The van der Waals surface area contributed by atoms with Crippen LogP contribution < -0.4 is 0 Å². The van der Waals surface area contributed by atoms with Crippen molar-refractivity contribution in [3.8, 4) is 0 Å². The van der Waals surface area contributed by atoms with Gasteiger partial charge in [-0.2, -0.15) is 0 Å². The first-order valence-corrected chi connectivity index (χ1v) is 30.4. The van der Waals surface area contributed by atoms with E-state index in [-0.39, 0.29) is 78.4 Å². The minimum absolute atomic E-state index is 0.0484. The average Bonchev–Trinajstić information content (AvgIpc) is 2.71. The highest BCUT2D eigenvalue weighted by Crippen LogP contribution is 2.48. The van der Waals surface area contributed by atoms with E-state index in [1.807, 2.05) is 83.1 Å². The van der Waals surface area contributed by atoms with E-state index in [0.29, 0.717) is 0 Å². The molecule has 3 saturated heterocycles. The van der Waals surface area contributed by atoms with Crippen molar-refractivity contribution < 1.29 is 55.8 Å². The summed E-state index contributed by atoms with van der Waals surface area (Å²) in [5.74, 6) is -0.324. The van der Waals surface area contributed by atoms with E-state index in [1.165, 1.54) is 0 Å². The molecule has 0 amide bonds. The summed E-state index contributed by atoms with van der Waals surface area (Å²) in [6.45, 7) is 25.6. The average molecular weight is 779 g/mol. The van der Waals surface area contributed by atoms with Gasteiger partial charge in [0.15, 0.2) is 0 Å². The minimum atomic E-state index is -4.45. The lowest BCUT2D eigenvalue weighted by Gasteiger charge is -2.56. The Labute approximate surface area is 285 Å². The van der Waals surface area contributed by atoms with Crippen LogP contribution >= 0.6 is 0 Å². The van der Waals surface area contributed by atoms with Crippen LogP contribution in [0.15, 0.2) is 0 Å². The van der Waals surface area contributed by atoms with Gasteiger partial charge in [-0.15, -0.1) is 0 Å². The zero-order valence-electron chi connectivity index (χ0n) is 30.3. The maximum Gasteiger partial charge on any atom is 0.657 e. The van der Waals surface area contributed by atoms with E-state index < -0.39 is 61.9 Å². The van der Waals surface area contributed by atoms with Gasteiger partial charge < -0.3 is 55.8 Å². The van der Waals surface area contributed by atoms with Crippen molar-refractivity contribution in [2.75, 3.05) is 6.61 Å². The molecule has 0 spiro atoms. The molecule has 3 aliphatic rings. The lowest BCUT2D eigenvalue weighted by molar-refractivity contribution is -0.0367. The van der Waals surface area contributed by atoms with Crippen LogP contribution in [0.3, 0.4) is 0 Å². The number of hydrogen-bond acceptors (Lipinski definition) is 13. The van der Waals surface area contributed by atoms with Gasteiger partial charge in [0.25, 0.3) is 0 Å². The highest BCUT2D eigenvalue weighted by atomic mass is 28.6. The largest absolute Gasteiger partial charge is 0.657 e. The first-order valence-electron chi connectivity index (χ1n) is 17.0. The molecule has 0 aromatic carbocycles. The van der Waals surface area contributed by atoms with Gasteiger partial charge in [0.2, 0.25) is 0 Å². The van der Waals surface area contributed by atoms with Crippen LogP contribution in [-0.4, -0.2) is 82.9 Å². The number of rotatable bonds is 14. The Kier molecular flexibility index (Phi) is 13.8. The Morgan fingerprint density at radius 3 is 0.783 bits per heavy atom. The molecule has 3 aliphatic heterocycles. The molecule has 0 unspecified atom stereocenters. The van der Waals surface area contributed by atoms with Gasteiger partial charge in [-0.1, -0.05) is 83.1 Å². The first kappa shape index (κ1) is 41.4. The van der Waals surface area contributed by atoms with E-state index >= 15 is 0 Å². The van der Waals surface area contributed by atoms with Crippen LogP contribution in [0.1, 0.15) is 90.0 Å². The quantitative estimate of drug-likeness (QED) is 0.199. The normalized spacial score (nSPS) is 40.6. The fourth-order valence-corrected chi connectivity index (χ4v) is 42.8.